The molecule has 1 rings (SSSR count). The van der Waals surface area contributed by atoms with Gasteiger partial charge in [-0.15, -0.1) is 0 Å². The molecule has 1 aromatic rings. The maximum absolute atomic E-state index is 11.8. The van der Waals surface area contributed by atoms with Crippen molar-refractivity contribution in [1.82, 2.24) is 5.32 Å². The quantitative estimate of drug-likeness (QED) is 0.664. The normalized spacial score (nSPS) is 9.94. The van der Waals surface area contributed by atoms with E-state index in [2.05, 4.69) is 27.8 Å². The summed E-state index contributed by atoms with van der Waals surface area (Å²) in [6, 6.07) is 2.16. The summed E-state index contributed by atoms with van der Waals surface area (Å²) in [5.41, 5.74) is -0.350. The highest BCUT2D eigenvalue weighted by Gasteiger charge is 2.19. The van der Waals surface area contributed by atoms with Crippen molar-refractivity contribution in [3.05, 3.63) is 48.9 Å². The van der Waals surface area contributed by atoms with E-state index in [-0.39, 0.29) is 27.8 Å². The molecule has 0 aliphatic carbocycles. The van der Waals surface area contributed by atoms with Gasteiger partial charge in [-0.3, -0.25) is 14.9 Å². The lowest BCUT2D eigenvalue weighted by Gasteiger charge is -2.07. The summed E-state index contributed by atoms with van der Waals surface area (Å²) < 4.78 is 0.559. The second-order valence-corrected chi connectivity index (χ2v) is 5.15. The zero-order chi connectivity index (χ0) is 13.9. The van der Waals surface area contributed by atoms with Gasteiger partial charge >= 0.3 is 0 Å². The SMILES string of the molecule is C=C(Br)CNC(=O)c1cc([N+](=O)[O-])cc(Cl)c1Cl. The molecule has 0 radical (unpaired) electrons. The van der Waals surface area contributed by atoms with Gasteiger partial charge in [-0.1, -0.05) is 45.7 Å². The summed E-state index contributed by atoms with van der Waals surface area (Å²) in [5.74, 6) is -0.564. The number of benzene rings is 1. The lowest BCUT2D eigenvalue weighted by atomic mass is 10.2. The van der Waals surface area contributed by atoms with Gasteiger partial charge < -0.3 is 5.32 Å². The maximum atomic E-state index is 11.8. The van der Waals surface area contributed by atoms with Crippen LogP contribution in [0.25, 0.3) is 0 Å². The lowest BCUT2D eigenvalue weighted by molar-refractivity contribution is -0.384. The molecule has 96 valence electrons. The van der Waals surface area contributed by atoms with Crippen LogP contribution >= 0.6 is 39.1 Å². The van der Waals surface area contributed by atoms with Crippen LogP contribution < -0.4 is 5.32 Å². The first-order valence-corrected chi connectivity index (χ1v) is 6.12. The number of hydrogen-bond acceptors (Lipinski definition) is 3. The van der Waals surface area contributed by atoms with Crippen LogP contribution in [0.3, 0.4) is 0 Å². The van der Waals surface area contributed by atoms with E-state index >= 15 is 0 Å². The smallest absolute Gasteiger partial charge is 0.271 e. The van der Waals surface area contributed by atoms with Crippen molar-refractivity contribution in [2.24, 2.45) is 0 Å². The fourth-order valence-corrected chi connectivity index (χ4v) is 1.67. The second kappa shape index (κ2) is 6.17. The van der Waals surface area contributed by atoms with Crippen LogP contribution in [0, 0.1) is 10.1 Å². The number of non-ortho nitro benzene ring substituents is 1. The molecule has 8 heteroatoms. The molecule has 5 nitrogen and oxygen atoms in total. The Morgan fingerprint density at radius 2 is 2.11 bits per heavy atom. The monoisotopic (exact) mass is 352 g/mol. The number of halogens is 3. The van der Waals surface area contributed by atoms with Gasteiger partial charge in [0.15, 0.2) is 0 Å². The molecule has 0 aliphatic heterocycles. The highest BCUT2D eigenvalue weighted by atomic mass is 79.9. The van der Waals surface area contributed by atoms with Crippen LogP contribution in [0.4, 0.5) is 5.69 Å². The van der Waals surface area contributed by atoms with Crippen LogP contribution in [-0.4, -0.2) is 17.4 Å². The number of amides is 1. The zero-order valence-corrected chi connectivity index (χ0v) is 12.0. The molecule has 0 unspecified atom stereocenters. The van der Waals surface area contributed by atoms with E-state index in [1.54, 1.807) is 0 Å². The van der Waals surface area contributed by atoms with E-state index in [1.807, 2.05) is 0 Å². The molecule has 1 N–H and O–H groups in total. The van der Waals surface area contributed by atoms with E-state index in [1.165, 1.54) is 0 Å². The van der Waals surface area contributed by atoms with E-state index < -0.39 is 10.8 Å². The van der Waals surface area contributed by atoms with E-state index in [0.29, 0.717) is 4.48 Å². The number of nitrogens with one attached hydrogen (secondary N) is 1. The van der Waals surface area contributed by atoms with Crippen molar-refractivity contribution >= 4 is 50.7 Å². The Balaban J connectivity index is 3.10. The van der Waals surface area contributed by atoms with Crippen LogP contribution in [-0.2, 0) is 0 Å². The first kappa shape index (κ1) is 14.9. The molecule has 0 spiro atoms. The van der Waals surface area contributed by atoms with Crippen LogP contribution in [0.1, 0.15) is 10.4 Å². The van der Waals surface area contributed by atoms with Gasteiger partial charge in [-0.2, -0.15) is 0 Å². The molecule has 0 heterocycles. The summed E-state index contributed by atoms with van der Waals surface area (Å²) in [6.07, 6.45) is 0. The van der Waals surface area contributed by atoms with Gasteiger partial charge in [-0.05, 0) is 0 Å². The van der Waals surface area contributed by atoms with Gasteiger partial charge in [0.1, 0.15) is 0 Å². The molecule has 0 atom stereocenters. The van der Waals surface area contributed by atoms with Crippen molar-refractivity contribution in [3.63, 3.8) is 0 Å². The third-order valence-corrected chi connectivity index (χ3v) is 2.99. The van der Waals surface area contributed by atoms with E-state index in [9.17, 15) is 14.9 Å². The van der Waals surface area contributed by atoms with Crippen molar-refractivity contribution in [3.8, 4) is 0 Å². The van der Waals surface area contributed by atoms with Crippen molar-refractivity contribution in [2.75, 3.05) is 6.54 Å². The van der Waals surface area contributed by atoms with Gasteiger partial charge in [0.2, 0.25) is 0 Å². The summed E-state index contributed by atoms with van der Waals surface area (Å²) >= 11 is 14.6. The van der Waals surface area contributed by atoms with Crippen molar-refractivity contribution in [1.29, 1.82) is 0 Å². The Morgan fingerprint density at radius 1 is 1.50 bits per heavy atom. The molecule has 0 saturated carbocycles. The Labute approximate surface area is 121 Å². The van der Waals surface area contributed by atoms with Crippen LogP contribution in [0.5, 0.6) is 0 Å². The highest BCUT2D eigenvalue weighted by Crippen LogP contribution is 2.30. The molecule has 0 aromatic heterocycles. The predicted octanol–water partition coefficient (Wildman–Crippen LogP) is 3.54. The first-order chi connectivity index (χ1) is 8.32. The van der Waals surface area contributed by atoms with Crippen molar-refractivity contribution < 1.29 is 9.72 Å². The summed E-state index contributed by atoms with van der Waals surface area (Å²) in [7, 11) is 0. The van der Waals surface area contributed by atoms with Gasteiger partial charge in [-0.25, -0.2) is 0 Å². The summed E-state index contributed by atoms with van der Waals surface area (Å²) in [5, 5.41) is 13.1. The van der Waals surface area contributed by atoms with Crippen molar-refractivity contribution in [2.45, 2.75) is 0 Å². The topological polar surface area (TPSA) is 72.2 Å². The number of nitrogens with zero attached hydrogens (tertiary/aromatic N) is 1. The standard InChI is InChI=1S/C10H7BrCl2N2O3/c1-5(11)4-14-10(16)7-2-6(15(17)18)3-8(12)9(7)13/h2-3H,1,4H2,(H,14,16). The van der Waals surface area contributed by atoms with Gasteiger partial charge in [0.25, 0.3) is 11.6 Å². The van der Waals surface area contributed by atoms with Gasteiger partial charge in [0.05, 0.1) is 20.5 Å². The minimum absolute atomic E-state index is 0.0278. The molecular weight excluding hydrogens is 347 g/mol. The molecule has 0 aliphatic rings. The largest absolute Gasteiger partial charge is 0.347 e. The molecule has 0 saturated heterocycles. The van der Waals surface area contributed by atoms with E-state index in [0.717, 1.165) is 12.1 Å². The molecular formula is C10H7BrCl2N2O3. The molecule has 0 bridgehead atoms. The highest BCUT2D eigenvalue weighted by molar-refractivity contribution is 9.11. The van der Waals surface area contributed by atoms with E-state index in [4.69, 9.17) is 23.2 Å². The Bertz CT molecular complexity index is 534. The third kappa shape index (κ3) is 3.69. The fourth-order valence-electron chi connectivity index (χ4n) is 1.12. The van der Waals surface area contributed by atoms with Gasteiger partial charge in [0, 0.05) is 23.2 Å². The zero-order valence-electron chi connectivity index (χ0n) is 8.87. The predicted molar refractivity (Wildman–Crippen MR) is 73.5 cm³/mol. The lowest BCUT2D eigenvalue weighted by Crippen LogP contribution is -2.24. The molecule has 18 heavy (non-hydrogen) atoms. The number of nitro benzene ring substituents is 1. The average Bonchev–Trinajstić information content (AvgIpc) is 2.29. The Hall–Kier alpha value is -1.11. The Morgan fingerprint density at radius 3 is 2.61 bits per heavy atom. The average molecular weight is 354 g/mol. The minimum atomic E-state index is -0.650. The number of hydrogen-bond donors (Lipinski definition) is 1. The first-order valence-electron chi connectivity index (χ1n) is 4.58. The maximum Gasteiger partial charge on any atom is 0.271 e. The molecule has 1 aromatic carbocycles. The number of carbonyl (C=O) groups is 1. The number of nitro groups is 1. The van der Waals surface area contributed by atoms with Crippen LogP contribution in [0.2, 0.25) is 10.0 Å². The fraction of sp³-hybridized carbons (Fsp3) is 0.100. The third-order valence-electron chi connectivity index (χ3n) is 1.91. The summed E-state index contributed by atoms with van der Waals surface area (Å²) in [4.78, 5) is 21.8. The second-order valence-electron chi connectivity index (χ2n) is 3.25. The summed E-state index contributed by atoms with van der Waals surface area (Å²) in [6.45, 7) is 3.72. The minimum Gasteiger partial charge on any atom is -0.347 e. The number of carbonyl (C=O) groups excluding carboxylic acids is 1. The number of rotatable bonds is 4. The Kier molecular flexibility index (Phi) is 5.13. The molecule has 1 amide bonds. The molecule has 0 fully saturated rings. The van der Waals surface area contributed by atoms with Crippen LogP contribution in [0.15, 0.2) is 23.2 Å².